The van der Waals surface area contributed by atoms with E-state index in [1.807, 2.05) is 6.92 Å². The fourth-order valence-corrected chi connectivity index (χ4v) is 0.877. The highest BCUT2D eigenvalue weighted by molar-refractivity contribution is 4.87. The third-order valence-corrected chi connectivity index (χ3v) is 1.17. The van der Waals surface area contributed by atoms with Gasteiger partial charge < -0.3 is 10.2 Å². The zero-order valence-electron chi connectivity index (χ0n) is 6.30. The Morgan fingerprint density at radius 1 is 1.20 bits per heavy atom. The molecule has 0 amide bonds. The van der Waals surface area contributed by atoms with E-state index in [4.69, 9.17) is 10.2 Å². The zero-order valence-corrected chi connectivity index (χ0v) is 6.30. The number of allylic oxidation sites excluding steroid dienone is 2. The highest BCUT2D eigenvalue weighted by Gasteiger charge is 2.04. The molecule has 0 aromatic rings. The Bertz CT molecular complexity index is 122. The molecule has 0 atom stereocenters. The molecule has 0 heterocycles. The first-order valence-corrected chi connectivity index (χ1v) is 3.26. The molecule has 0 spiro atoms. The molecule has 58 valence electrons. The fourth-order valence-electron chi connectivity index (χ4n) is 0.877. The Kier molecular flexibility index (Phi) is 3.62. The molecule has 0 bridgehead atoms. The van der Waals surface area contributed by atoms with Gasteiger partial charge in [0.1, 0.15) is 0 Å². The van der Waals surface area contributed by atoms with Gasteiger partial charge in [0.2, 0.25) is 0 Å². The maximum atomic E-state index is 8.73. The van der Waals surface area contributed by atoms with Crippen LogP contribution in [-0.4, -0.2) is 10.2 Å². The van der Waals surface area contributed by atoms with Gasteiger partial charge in [0.05, 0.1) is 11.5 Å². The van der Waals surface area contributed by atoms with Crippen LogP contribution in [0, 0.1) is 5.92 Å². The second-order valence-electron chi connectivity index (χ2n) is 2.65. The summed E-state index contributed by atoms with van der Waals surface area (Å²) in [6, 6.07) is 0. The van der Waals surface area contributed by atoms with Gasteiger partial charge in [-0.15, -0.1) is 0 Å². The summed E-state index contributed by atoms with van der Waals surface area (Å²) < 4.78 is 0. The minimum atomic E-state index is 0.161. The van der Waals surface area contributed by atoms with Crippen LogP contribution in [0.2, 0.25) is 0 Å². The third-order valence-electron chi connectivity index (χ3n) is 1.17. The second kappa shape index (κ2) is 3.99. The van der Waals surface area contributed by atoms with E-state index in [9.17, 15) is 0 Å². The van der Waals surface area contributed by atoms with Crippen LogP contribution in [-0.2, 0) is 0 Å². The van der Waals surface area contributed by atoms with Gasteiger partial charge in [0, 0.05) is 12.8 Å². The smallest absolute Gasteiger partial charge is 0.0853 e. The van der Waals surface area contributed by atoms with Crippen LogP contribution in [0.5, 0.6) is 0 Å². The lowest BCUT2D eigenvalue weighted by molar-refractivity contribution is 0.325. The molecular formula is C8H14O2. The van der Waals surface area contributed by atoms with Crippen LogP contribution in [0.3, 0.4) is 0 Å². The van der Waals surface area contributed by atoms with E-state index in [0.717, 1.165) is 0 Å². The first-order valence-electron chi connectivity index (χ1n) is 3.26. The van der Waals surface area contributed by atoms with Crippen LogP contribution >= 0.6 is 0 Å². The first kappa shape index (κ1) is 9.08. The van der Waals surface area contributed by atoms with Crippen molar-refractivity contribution in [2.24, 2.45) is 5.92 Å². The Hall–Kier alpha value is -0.920. The van der Waals surface area contributed by atoms with Gasteiger partial charge in [-0.2, -0.15) is 0 Å². The predicted molar refractivity (Wildman–Crippen MR) is 41.9 cm³/mol. The molecule has 0 aliphatic heterocycles. The van der Waals surface area contributed by atoms with Crippen molar-refractivity contribution in [2.45, 2.75) is 19.8 Å². The number of hydrogen-bond donors (Lipinski definition) is 2. The summed E-state index contributed by atoms with van der Waals surface area (Å²) in [7, 11) is 0. The molecule has 0 unspecified atom stereocenters. The molecule has 0 aromatic carbocycles. The SMILES string of the molecule is C=C(O)CC(C)CC(=C)O. The highest BCUT2D eigenvalue weighted by Crippen LogP contribution is 2.14. The normalized spacial score (nSPS) is 9.80. The van der Waals surface area contributed by atoms with E-state index >= 15 is 0 Å². The van der Waals surface area contributed by atoms with Crippen LogP contribution < -0.4 is 0 Å². The standard InChI is InChI=1S/C8H14O2/c1-6(4-7(2)9)5-8(3)10/h6,9-10H,2-5H2,1H3. The van der Waals surface area contributed by atoms with Gasteiger partial charge >= 0.3 is 0 Å². The molecule has 0 aliphatic carbocycles. The molecule has 2 nitrogen and oxygen atoms in total. The maximum absolute atomic E-state index is 8.73. The van der Waals surface area contributed by atoms with Gasteiger partial charge in [0.15, 0.2) is 0 Å². The molecule has 0 radical (unpaired) electrons. The van der Waals surface area contributed by atoms with Gasteiger partial charge in [-0.25, -0.2) is 0 Å². The van der Waals surface area contributed by atoms with Crippen molar-refractivity contribution in [3.63, 3.8) is 0 Å². The van der Waals surface area contributed by atoms with E-state index in [0.29, 0.717) is 12.8 Å². The van der Waals surface area contributed by atoms with Crippen LogP contribution in [0.15, 0.2) is 24.7 Å². The van der Waals surface area contributed by atoms with Gasteiger partial charge in [-0.05, 0) is 5.92 Å². The van der Waals surface area contributed by atoms with Crippen molar-refractivity contribution in [2.75, 3.05) is 0 Å². The lowest BCUT2D eigenvalue weighted by Crippen LogP contribution is -1.97. The average molecular weight is 142 g/mol. The monoisotopic (exact) mass is 142 g/mol. The Morgan fingerprint density at radius 3 is 1.70 bits per heavy atom. The van der Waals surface area contributed by atoms with Gasteiger partial charge in [-0.1, -0.05) is 20.1 Å². The lowest BCUT2D eigenvalue weighted by atomic mass is 10.0. The number of aliphatic hydroxyl groups is 2. The van der Waals surface area contributed by atoms with Crippen LogP contribution in [0.25, 0.3) is 0 Å². The van der Waals surface area contributed by atoms with Crippen LogP contribution in [0.4, 0.5) is 0 Å². The predicted octanol–water partition coefficient (Wildman–Crippen LogP) is 2.55. The molecule has 0 saturated carbocycles. The summed E-state index contributed by atoms with van der Waals surface area (Å²) in [5.74, 6) is 0.539. The van der Waals surface area contributed by atoms with Crippen molar-refractivity contribution in [1.82, 2.24) is 0 Å². The van der Waals surface area contributed by atoms with Crippen LogP contribution in [0.1, 0.15) is 19.8 Å². The van der Waals surface area contributed by atoms with E-state index < -0.39 is 0 Å². The Morgan fingerprint density at radius 2 is 1.50 bits per heavy atom. The van der Waals surface area contributed by atoms with Gasteiger partial charge in [0.25, 0.3) is 0 Å². The Balaban J connectivity index is 3.53. The lowest BCUT2D eigenvalue weighted by Gasteiger charge is -2.07. The fraction of sp³-hybridized carbons (Fsp3) is 0.500. The quantitative estimate of drug-likeness (QED) is 0.592. The molecule has 0 saturated heterocycles. The summed E-state index contributed by atoms with van der Waals surface area (Å²) in [4.78, 5) is 0. The van der Waals surface area contributed by atoms with Gasteiger partial charge in [-0.3, -0.25) is 0 Å². The van der Waals surface area contributed by atoms with E-state index in [-0.39, 0.29) is 17.4 Å². The van der Waals surface area contributed by atoms with Crippen molar-refractivity contribution in [3.8, 4) is 0 Å². The maximum Gasteiger partial charge on any atom is 0.0853 e. The largest absolute Gasteiger partial charge is 0.513 e. The summed E-state index contributed by atoms with van der Waals surface area (Å²) in [6.45, 7) is 8.61. The van der Waals surface area contributed by atoms with Crippen molar-refractivity contribution in [3.05, 3.63) is 24.7 Å². The summed E-state index contributed by atoms with van der Waals surface area (Å²) in [5.41, 5.74) is 0. The summed E-state index contributed by atoms with van der Waals surface area (Å²) >= 11 is 0. The van der Waals surface area contributed by atoms with E-state index in [2.05, 4.69) is 13.2 Å². The Labute approximate surface area is 61.5 Å². The van der Waals surface area contributed by atoms with E-state index in [1.165, 1.54) is 0 Å². The van der Waals surface area contributed by atoms with Crippen molar-refractivity contribution >= 4 is 0 Å². The molecule has 0 aliphatic rings. The van der Waals surface area contributed by atoms with E-state index in [1.54, 1.807) is 0 Å². The number of aliphatic hydroxyl groups excluding tert-OH is 2. The highest BCUT2D eigenvalue weighted by atomic mass is 16.3. The summed E-state index contributed by atoms with van der Waals surface area (Å²) in [5, 5.41) is 17.5. The van der Waals surface area contributed by atoms with Crippen molar-refractivity contribution in [1.29, 1.82) is 0 Å². The molecule has 0 aromatic heterocycles. The molecule has 2 N–H and O–H groups in total. The molecule has 0 rings (SSSR count). The number of hydrogen-bond acceptors (Lipinski definition) is 2. The summed E-state index contributed by atoms with van der Waals surface area (Å²) in [6.07, 6.45) is 1.05. The third kappa shape index (κ3) is 5.22. The molecule has 10 heavy (non-hydrogen) atoms. The average Bonchev–Trinajstić information content (AvgIpc) is 1.58. The minimum absolute atomic E-state index is 0.161. The zero-order chi connectivity index (χ0) is 8.15. The topological polar surface area (TPSA) is 40.5 Å². The van der Waals surface area contributed by atoms with Crippen molar-refractivity contribution < 1.29 is 10.2 Å². The molecular weight excluding hydrogens is 128 g/mol. The molecule has 2 heteroatoms. The second-order valence-corrected chi connectivity index (χ2v) is 2.65. The minimum Gasteiger partial charge on any atom is -0.513 e. The molecule has 0 fully saturated rings. The first-order chi connectivity index (χ1) is 4.52. The number of rotatable bonds is 4.